The number of hydrogen-bond donors (Lipinski definition) is 2. The van der Waals surface area contributed by atoms with Crippen LogP contribution in [0, 0.1) is 5.82 Å². The molecule has 0 unspecified atom stereocenters. The highest BCUT2D eigenvalue weighted by Gasteiger charge is 2.23. The summed E-state index contributed by atoms with van der Waals surface area (Å²) in [5, 5.41) is 11.1. The molecule has 7 rings (SSSR count). The molecule has 264 valence electrons. The van der Waals surface area contributed by atoms with Crippen molar-refractivity contribution in [2.24, 2.45) is 4.99 Å². The Labute approximate surface area is 297 Å². The third-order valence-corrected chi connectivity index (χ3v) is 8.70. The Morgan fingerprint density at radius 2 is 1.73 bits per heavy atom. The van der Waals surface area contributed by atoms with Gasteiger partial charge in [0.25, 0.3) is 0 Å². The highest BCUT2D eigenvalue weighted by Crippen LogP contribution is 2.33. The summed E-state index contributed by atoms with van der Waals surface area (Å²) in [5.74, 6) is 4.64. The van der Waals surface area contributed by atoms with E-state index in [0.717, 1.165) is 73.4 Å². The van der Waals surface area contributed by atoms with Crippen LogP contribution in [0.5, 0.6) is 28.9 Å². The second kappa shape index (κ2) is 16.3. The van der Waals surface area contributed by atoms with Gasteiger partial charge in [0.15, 0.2) is 34.8 Å². The summed E-state index contributed by atoms with van der Waals surface area (Å²) in [6, 6.07) is 26.2. The van der Waals surface area contributed by atoms with Gasteiger partial charge < -0.3 is 34.1 Å². The predicted molar refractivity (Wildman–Crippen MR) is 195 cm³/mol. The lowest BCUT2D eigenvalue weighted by atomic mass is 10.1. The topological polar surface area (TPSA) is 109 Å². The first-order valence-corrected chi connectivity index (χ1v) is 17.4. The highest BCUT2D eigenvalue weighted by atomic mass is 19.1. The van der Waals surface area contributed by atoms with Crippen LogP contribution < -0.4 is 29.2 Å². The van der Waals surface area contributed by atoms with Gasteiger partial charge in [-0.15, -0.1) is 0 Å². The first-order valence-electron chi connectivity index (χ1n) is 17.4. The van der Waals surface area contributed by atoms with E-state index >= 15 is 0 Å². The van der Waals surface area contributed by atoms with E-state index in [2.05, 4.69) is 43.3 Å². The first kappa shape index (κ1) is 33.7. The van der Waals surface area contributed by atoms with Crippen LogP contribution in [0.3, 0.4) is 0 Å². The molecule has 1 fully saturated rings. The van der Waals surface area contributed by atoms with Gasteiger partial charge in [0.1, 0.15) is 19.0 Å². The average Bonchev–Trinajstić information content (AvgIpc) is 3.67. The minimum absolute atomic E-state index is 0.281. The molecule has 0 saturated carbocycles. The van der Waals surface area contributed by atoms with Crippen LogP contribution in [0.25, 0.3) is 11.3 Å². The number of hydrogen-bond acceptors (Lipinski definition) is 8. The molecule has 11 nitrogen and oxygen atoms in total. The number of para-hydroxylation sites is 2. The van der Waals surface area contributed by atoms with Crippen LogP contribution >= 0.6 is 0 Å². The molecule has 1 saturated heterocycles. The molecular weight excluding hydrogens is 649 g/mol. The number of benzene rings is 3. The van der Waals surface area contributed by atoms with Crippen molar-refractivity contribution in [3.05, 3.63) is 108 Å². The Kier molecular flexibility index (Phi) is 10.8. The number of guanidine groups is 1. The molecule has 5 aromatic rings. The largest absolute Gasteiger partial charge is 0.490 e. The molecule has 0 radical (unpaired) electrons. The zero-order chi connectivity index (χ0) is 34.8. The van der Waals surface area contributed by atoms with E-state index in [1.807, 2.05) is 60.7 Å². The smallest absolute Gasteiger partial charge is 0.224 e. The number of pyridine rings is 1. The summed E-state index contributed by atoms with van der Waals surface area (Å²) < 4.78 is 38.1. The Bertz CT molecular complexity index is 1940. The fourth-order valence-corrected chi connectivity index (χ4v) is 6.03. The summed E-state index contributed by atoms with van der Waals surface area (Å²) in [6.45, 7) is 7.70. The zero-order valence-corrected chi connectivity index (χ0v) is 28.7. The number of aliphatic imine (C=N–C) groups is 1. The molecular formula is C39H42FN7O4. The van der Waals surface area contributed by atoms with Crippen LogP contribution in [0.2, 0.25) is 0 Å². The minimum Gasteiger partial charge on any atom is -0.490 e. The SMILES string of the molecule is CCCOc1ccccc1Oc1ncccc1CN=C(NCCc1ccc2c(c1)OCCO2)N1CCN(c2cc(-c3ccccc3F)[nH]n2)CC1. The summed E-state index contributed by atoms with van der Waals surface area (Å²) in [5.41, 5.74) is 3.15. The number of halogens is 1. The van der Waals surface area contributed by atoms with Crippen molar-refractivity contribution in [3.8, 4) is 40.1 Å². The molecule has 0 amide bonds. The second-order valence-electron chi connectivity index (χ2n) is 12.3. The molecule has 0 aliphatic carbocycles. The monoisotopic (exact) mass is 691 g/mol. The Morgan fingerprint density at radius 3 is 2.57 bits per heavy atom. The Balaban J connectivity index is 1.06. The van der Waals surface area contributed by atoms with Crippen molar-refractivity contribution in [1.29, 1.82) is 0 Å². The summed E-state index contributed by atoms with van der Waals surface area (Å²) >= 11 is 0. The minimum atomic E-state index is -0.281. The standard InChI is InChI=1S/C39H42FN7O4/c1-2-22-48-33-11-5-6-12-35(33)51-38-29(8-7-16-41-38)27-43-39(42-17-15-28-13-14-34-36(25-28)50-24-23-49-34)47-20-18-46(19-21-47)37-26-32(44-45-37)30-9-3-4-10-31(30)40/h3-14,16,25-26H,2,15,17-24,27H2,1H3,(H,42,43)(H,44,45). The van der Waals surface area contributed by atoms with Crippen molar-refractivity contribution in [1.82, 2.24) is 25.4 Å². The van der Waals surface area contributed by atoms with Gasteiger partial charge in [-0.2, -0.15) is 5.10 Å². The van der Waals surface area contributed by atoms with Gasteiger partial charge in [0.05, 0.1) is 18.8 Å². The van der Waals surface area contributed by atoms with Crippen LogP contribution in [-0.2, 0) is 13.0 Å². The van der Waals surface area contributed by atoms with Crippen molar-refractivity contribution < 1.29 is 23.3 Å². The summed E-state index contributed by atoms with van der Waals surface area (Å²) in [7, 11) is 0. The zero-order valence-electron chi connectivity index (χ0n) is 28.7. The van der Waals surface area contributed by atoms with Gasteiger partial charge in [-0.05, 0) is 60.9 Å². The van der Waals surface area contributed by atoms with Crippen LogP contribution in [0.15, 0.2) is 96.1 Å². The lowest BCUT2D eigenvalue weighted by Crippen LogP contribution is -2.53. The quantitative estimate of drug-likeness (QED) is 0.112. The number of fused-ring (bicyclic) bond motifs is 1. The van der Waals surface area contributed by atoms with E-state index < -0.39 is 0 Å². The van der Waals surface area contributed by atoms with Crippen molar-refractivity contribution >= 4 is 11.8 Å². The molecule has 0 bridgehead atoms. The molecule has 0 atom stereocenters. The van der Waals surface area contributed by atoms with Gasteiger partial charge >= 0.3 is 0 Å². The van der Waals surface area contributed by atoms with E-state index in [4.69, 9.17) is 23.9 Å². The van der Waals surface area contributed by atoms with Gasteiger partial charge in [-0.25, -0.2) is 14.4 Å². The first-order chi connectivity index (χ1) is 25.1. The number of H-pyrrole nitrogens is 1. The molecule has 2 aliphatic heterocycles. The predicted octanol–water partition coefficient (Wildman–Crippen LogP) is 6.47. The molecule has 12 heteroatoms. The molecule has 0 spiro atoms. The molecule has 2 aromatic heterocycles. The van der Waals surface area contributed by atoms with Gasteiger partial charge in [-0.3, -0.25) is 5.10 Å². The number of aromatic amines is 1. The summed E-state index contributed by atoms with van der Waals surface area (Å²) in [6.07, 6.45) is 3.39. The number of nitrogens with one attached hydrogen (secondary N) is 2. The fraction of sp³-hybridized carbons (Fsp3) is 0.308. The van der Waals surface area contributed by atoms with Crippen LogP contribution in [0.1, 0.15) is 24.5 Å². The van der Waals surface area contributed by atoms with Crippen LogP contribution in [0.4, 0.5) is 10.2 Å². The van der Waals surface area contributed by atoms with E-state index in [1.54, 1.807) is 18.3 Å². The highest BCUT2D eigenvalue weighted by molar-refractivity contribution is 5.80. The normalized spacial score (nSPS) is 14.4. The lowest BCUT2D eigenvalue weighted by molar-refractivity contribution is 0.171. The molecule has 2 N–H and O–H groups in total. The number of nitrogens with zero attached hydrogens (tertiary/aromatic N) is 5. The van der Waals surface area contributed by atoms with E-state index in [1.165, 1.54) is 6.07 Å². The number of aromatic nitrogens is 3. The summed E-state index contributed by atoms with van der Waals surface area (Å²) in [4.78, 5) is 14.1. The molecule has 3 aromatic carbocycles. The number of rotatable bonds is 12. The number of anilines is 1. The Hall–Kier alpha value is -5.78. The second-order valence-corrected chi connectivity index (χ2v) is 12.3. The maximum absolute atomic E-state index is 14.4. The molecule has 51 heavy (non-hydrogen) atoms. The van der Waals surface area contributed by atoms with Crippen molar-refractivity contribution in [2.75, 3.05) is 57.4 Å². The van der Waals surface area contributed by atoms with E-state index in [-0.39, 0.29) is 5.82 Å². The van der Waals surface area contributed by atoms with Crippen molar-refractivity contribution in [2.45, 2.75) is 26.3 Å². The maximum Gasteiger partial charge on any atom is 0.224 e. The van der Waals surface area contributed by atoms with Gasteiger partial charge in [0, 0.05) is 56.1 Å². The third kappa shape index (κ3) is 8.34. The van der Waals surface area contributed by atoms with Crippen molar-refractivity contribution in [3.63, 3.8) is 0 Å². The van der Waals surface area contributed by atoms with Gasteiger partial charge in [-0.1, -0.05) is 43.3 Å². The maximum atomic E-state index is 14.4. The third-order valence-electron chi connectivity index (χ3n) is 8.70. The Morgan fingerprint density at radius 1 is 0.922 bits per heavy atom. The molecule has 2 aliphatic rings. The van der Waals surface area contributed by atoms with E-state index in [0.29, 0.717) is 61.5 Å². The number of piperazine rings is 1. The fourth-order valence-electron chi connectivity index (χ4n) is 6.03. The number of ether oxygens (including phenoxy) is 4. The lowest BCUT2D eigenvalue weighted by Gasteiger charge is -2.36. The van der Waals surface area contributed by atoms with Gasteiger partial charge in [0.2, 0.25) is 5.88 Å². The van der Waals surface area contributed by atoms with E-state index in [9.17, 15) is 4.39 Å². The average molecular weight is 692 g/mol. The van der Waals surface area contributed by atoms with Crippen LogP contribution in [-0.4, -0.2) is 78.6 Å². The molecule has 4 heterocycles.